The highest BCUT2D eigenvalue weighted by atomic mass is 32.2. The van der Waals surface area contributed by atoms with E-state index in [0.29, 0.717) is 0 Å². The highest BCUT2D eigenvalue weighted by Crippen LogP contribution is 2.23. The third-order valence-corrected chi connectivity index (χ3v) is 4.44. The second-order valence-corrected chi connectivity index (χ2v) is 6.03. The fourth-order valence-corrected chi connectivity index (χ4v) is 3.19. The molecule has 0 aliphatic carbocycles. The molecule has 21 heavy (non-hydrogen) atoms. The second-order valence-electron chi connectivity index (χ2n) is 4.70. The topological polar surface area (TPSA) is 24.7 Å². The molecule has 3 rings (SSSR count). The molecule has 1 aliphatic heterocycles. The van der Waals surface area contributed by atoms with Crippen molar-refractivity contribution in [2.24, 2.45) is 9.36 Å². The van der Waals surface area contributed by atoms with Crippen molar-refractivity contribution in [3.63, 3.8) is 0 Å². The Morgan fingerprint density at radius 2 is 1.76 bits per heavy atom. The van der Waals surface area contributed by atoms with Gasteiger partial charge >= 0.3 is 0 Å². The van der Waals surface area contributed by atoms with E-state index in [9.17, 15) is 4.39 Å². The SMILES string of the molecule is CCc1ccc(N=S2C=NC(c3ccc(F)cc3)=C2)cc1. The smallest absolute Gasteiger partial charge is 0.123 e. The molecule has 106 valence electrons. The first kappa shape index (κ1) is 13.9. The molecule has 0 spiro atoms. The average molecular weight is 298 g/mol. The number of hydrogen-bond donors (Lipinski definition) is 0. The van der Waals surface area contributed by atoms with Gasteiger partial charge in [-0.1, -0.05) is 19.1 Å². The summed E-state index contributed by atoms with van der Waals surface area (Å²) in [5.74, 6) is -0.235. The van der Waals surface area contributed by atoms with E-state index in [0.717, 1.165) is 23.4 Å². The molecular weight excluding hydrogens is 283 g/mol. The van der Waals surface area contributed by atoms with Crippen LogP contribution in [0.3, 0.4) is 0 Å². The molecule has 2 aromatic carbocycles. The average Bonchev–Trinajstić information content (AvgIpc) is 2.97. The summed E-state index contributed by atoms with van der Waals surface area (Å²) >= 11 is 0. The molecule has 0 radical (unpaired) electrons. The van der Waals surface area contributed by atoms with Gasteiger partial charge in [-0.3, -0.25) is 0 Å². The molecule has 0 saturated heterocycles. The summed E-state index contributed by atoms with van der Waals surface area (Å²) in [7, 11) is -0.345. The molecule has 0 aromatic heterocycles. The predicted molar refractivity (Wildman–Crippen MR) is 88.1 cm³/mol. The second kappa shape index (κ2) is 6.14. The van der Waals surface area contributed by atoms with Crippen molar-refractivity contribution in [3.8, 4) is 0 Å². The maximum absolute atomic E-state index is 12.9. The number of benzene rings is 2. The van der Waals surface area contributed by atoms with Crippen LogP contribution in [0.1, 0.15) is 18.1 Å². The molecule has 0 fully saturated rings. The van der Waals surface area contributed by atoms with Gasteiger partial charge in [-0.15, -0.1) is 0 Å². The number of aliphatic imine (C=N–C) groups is 1. The van der Waals surface area contributed by atoms with Crippen LogP contribution in [0.5, 0.6) is 0 Å². The van der Waals surface area contributed by atoms with Crippen LogP contribution in [0.25, 0.3) is 5.70 Å². The lowest BCUT2D eigenvalue weighted by molar-refractivity contribution is 0.627. The highest BCUT2D eigenvalue weighted by Gasteiger charge is 2.07. The minimum atomic E-state index is -0.345. The molecule has 1 atom stereocenters. The first-order valence-electron chi connectivity index (χ1n) is 6.79. The number of aryl methyl sites for hydroxylation is 1. The Morgan fingerprint density at radius 3 is 2.43 bits per heavy atom. The van der Waals surface area contributed by atoms with Crippen molar-refractivity contribution >= 4 is 27.6 Å². The minimum absolute atomic E-state index is 0.235. The van der Waals surface area contributed by atoms with Gasteiger partial charge in [0.1, 0.15) is 5.82 Å². The molecule has 0 saturated carbocycles. The van der Waals surface area contributed by atoms with Gasteiger partial charge in [0.2, 0.25) is 0 Å². The van der Waals surface area contributed by atoms with Crippen molar-refractivity contribution in [3.05, 3.63) is 70.9 Å². The van der Waals surface area contributed by atoms with Crippen LogP contribution in [-0.4, -0.2) is 5.55 Å². The standard InChI is InChI=1S/C17H15FN2S/c1-2-13-3-9-16(10-4-13)20-21-11-17(19-12-21)14-5-7-15(18)8-6-14/h3-12H,2H2,1H3. The van der Waals surface area contributed by atoms with Crippen molar-refractivity contribution < 1.29 is 4.39 Å². The van der Waals surface area contributed by atoms with Gasteiger partial charge in [-0.05, 0) is 59.1 Å². The molecule has 0 bridgehead atoms. The van der Waals surface area contributed by atoms with E-state index >= 15 is 0 Å². The normalized spacial score (nSPS) is 17.2. The van der Waals surface area contributed by atoms with Gasteiger partial charge in [0.15, 0.2) is 0 Å². The van der Waals surface area contributed by atoms with E-state index < -0.39 is 0 Å². The summed E-state index contributed by atoms with van der Waals surface area (Å²) in [6.07, 6.45) is 1.03. The lowest BCUT2D eigenvalue weighted by Gasteiger charge is -1.98. The molecule has 0 amide bonds. The quantitative estimate of drug-likeness (QED) is 0.773. The van der Waals surface area contributed by atoms with Crippen molar-refractivity contribution in [1.29, 1.82) is 0 Å². The third kappa shape index (κ3) is 3.34. The van der Waals surface area contributed by atoms with E-state index in [4.69, 9.17) is 0 Å². The zero-order valence-electron chi connectivity index (χ0n) is 11.7. The number of hydrogen-bond acceptors (Lipinski definition) is 2. The van der Waals surface area contributed by atoms with Gasteiger partial charge in [-0.25, -0.2) is 13.7 Å². The van der Waals surface area contributed by atoms with Crippen LogP contribution >= 0.6 is 0 Å². The molecule has 2 aromatic rings. The minimum Gasteiger partial charge on any atom is -0.247 e. The monoisotopic (exact) mass is 298 g/mol. The van der Waals surface area contributed by atoms with E-state index in [-0.39, 0.29) is 16.5 Å². The van der Waals surface area contributed by atoms with Gasteiger partial charge in [0, 0.05) is 11.0 Å². The van der Waals surface area contributed by atoms with Crippen LogP contribution in [0, 0.1) is 5.82 Å². The lowest BCUT2D eigenvalue weighted by atomic mass is 10.2. The van der Waals surface area contributed by atoms with Gasteiger partial charge < -0.3 is 0 Å². The van der Waals surface area contributed by atoms with Crippen molar-refractivity contribution in [1.82, 2.24) is 0 Å². The van der Waals surface area contributed by atoms with E-state index in [1.165, 1.54) is 17.7 Å². The summed E-state index contributed by atoms with van der Waals surface area (Å²) in [6, 6.07) is 14.6. The first-order valence-corrected chi connectivity index (χ1v) is 8.10. The Kier molecular flexibility index (Phi) is 4.06. The zero-order chi connectivity index (χ0) is 14.7. The van der Waals surface area contributed by atoms with Crippen LogP contribution in [0.4, 0.5) is 10.1 Å². The predicted octanol–water partition coefficient (Wildman–Crippen LogP) is 4.86. The van der Waals surface area contributed by atoms with E-state index in [1.54, 1.807) is 12.1 Å². The Balaban J connectivity index is 1.83. The molecular formula is C17H15FN2S. The van der Waals surface area contributed by atoms with Crippen LogP contribution in [-0.2, 0) is 17.1 Å². The zero-order valence-corrected chi connectivity index (χ0v) is 12.5. The van der Waals surface area contributed by atoms with Crippen molar-refractivity contribution in [2.45, 2.75) is 13.3 Å². The van der Waals surface area contributed by atoms with Gasteiger partial charge in [0.05, 0.1) is 16.9 Å². The fraction of sp³-hybridized carbons (Fsp3) is 0.118. The third-order valence-electron chi connectivity index (χ3n) is 3.23. The van der Waals surface area contributed by atoms with Crippen LogP contribution in [0.2, 0.25) is 0 Å². The molecule has 1 heterocycles. The molecule has 2 nitrogen and oxygen atoms in total. The molecule has 0 N–H and O–H groups in total. The molecule has 1 unspecified atom stereocenters. The van der Waals surface area contributed by atoms with Gasteiger partial charge in [-0.2, -0.15) is 0 Å². The Labute approximate surface area is 126 Å². The maximum Gasteiger partial charge on any atom is 0.123 e. The van der Waals surface area contributed by atoms with Crippen LogP contribution in [0.15, 0.2) is 63.3 Å². The Bertz CT molecular complexity index is 728. The van der Waals surface area contributed by atoms with E-state index in [2.05, 4.69) is 28.4 Å². The Hall–Kier alpha value is -2.07. The first-order chi connectivity index (χ1) is 10.2. The number of rotatable bonds is 3. The molecule has 4 heteroatoms. The summed E-state index contributed by atoms with van der Waals surface area (Å²) < 4.78 is 17.6. The van der Waals surface area contributed by atoms with E-state index in [1.807, 2.05) is 23.1 Å². The fourth-order valence-electron chi connectivity index (χ4n) is 2.01. The Morgan fingerprint density at radius 1 is 1.05 bits per heavy atom. The van der Waals surface area contributed by atoms with Gasteiger partial charge in [0.25, 0.3) is 0 Å². The van der Waals surface area contributed by atoms with Crippen molar-refractivity contribution in [2.75, 3.05) is 0 Å². The largest absolute Gasteiger partial charge is 0.247 e. The summed E-state index contributed by atoms with van der Waals surface area (Å²) in [5.41, 5.74) is 5.87. The maximum atomic E-state index is 12.9. The number of halogens is 1. The molecule has 1 aliphatic rings. The summed E-state index contributed by atoms with van der Waals surface area (Å²) in [6.45, 7) is 2.13. The lowest BCUT2D eigenvalue weighted by Crippen LogP contribution is -1.81. The summed E-state index contributed by atoms with van der Waals surface area (Å²) in [4.78, 5) is 4.38. The number of nitrogens with zero attached hydrogens (tertiary/aromatic N) is 2. The highest BCUT2D eigenvalue weighted by molar-refractivity contribution is 8.03. The summed E-state index contributed by atoms with van der Waals surface area (Å²) in [5, 5.41) is 2.01. The van der Waals surface area contributed by atoms with Crippen LogP contribution < -0.4 is 0 Å².